The number of carbonyl (C=O) groups excluding carboxylic acids is 1. The number of carbonyl (C=O) groups is 1. The number of rotatable bonds is 2. The molecule has 0 aliphatic heterocycles. The van der Waals surface area contributed by atoms with Crippen molar-refractivity contribution in [2.75, 3.05) is 12.4 Å². The number of benzene rings is 1. The molecule has 5 heteroatoms. The van der Waals surface area contributed by atoms with Gasteiger partial charge in [0.2, 0.25) is 0 Å². The molecule has 1 heterocycles. The summed E-state index contributed by atoms with van der Waals surface area (Å²) in [5, 5.41) is 3.91. The van der Waals surface area contributed by atoms with Crippen LogP contribution in [0.15, 0.2) is 22.7 Å². The van der Waals surface area contributed by atoms with Crippen LogP contribution in [-0.4, -0.2) is 17.9 Å². The number of aromatic nitrogens is 1. The van der Waals surface area contributed by atoms with Gasteiger partial charge in [0.15, 0.2) is 0 Å². The van der Waals surface area contributed by atoms with Crippen LogP contribution in [0.4, 0.5) is 5.69 Å². The standard InChI is InChI=1S/C12H12BrN3O/c1-6-10(12(14)17)11(15-2)8-4-3-7(13)5-9(8)16-6/h3-5H,1-2H3,(H2,14,17)(H,15,16). The smallest absolute Gasteiger partial charge is 0.252 e. The van der Waals surface area contributed by atoms with Crippen LogP contribution in [-0.2, 0) is 0 Å². The summed E-state index contributed by atoms with van der Waals surface area (Å²) in [6, 6.07) is 5.73. The summed E-state index contributed by atoms with van der Waals surface area (Å²) < 4.78 is 0.950. The first kappa shape index (κ1) is 11.9. The zero-order valence-corrected chi connectivity index (χ0v) is 11.1. The molecule has 0 saturated heterocycles. The fraction of sp³-hybridized carbons (Fsp3) is 0.167. The Morgan fingerprint density at radius 3 is 2.76 bits per heavy atom. The third kappa shape index (κ3) is 1.98. The number of pyridine rings is 1. The average molecular weight is 294 g/mol. The maximum absolute atomic E-state index is 11.4. The van der Waals surface area contributed by atoms with E-state index in [1.807, 2.05) is 18.2 Å². The molecule has 0 fully saturated rings. The number of halogens is 1. The highest BCUT2D eigenvalue weighted by Crippen LogP contribution is 2.29. The molecule has 2 rings (SSSR count). The lowest BCUT2D eigenvalue weighted by molar-refractivity contribution is 0.100. The maximum Gasteiger partial charge on any atom is 0.252 e. The number of anilines is 1. The Bertz CT molecular complexity index is 610. The van der Waals surface area contributed by atoms with Crippen molar-refractivity contribution in [3.8, 4) is 0 Å². The van der Waals surface area contributed by atoms with Crippen molar-refractivity contribution in [3.05, 3.63) is 33.9 Å². The van der Waals surface area contributed by atoms with Gasteiger partial charge in [-0.05, 0) is 25.1 Å². The summed E-state index contributed by atoms with van der Waals surface area (Å²) in [4.78, 5) is 15.8. The highest BCUT2D eigenvalue weighted by atomic mass is 79.9. The Labute approximate surface area is 107 Å². The van der Waals surface area contributed by atoms with Crippen molar-refractivity contribution in [3.63, 3.8) is 0 Å². The number of aryl methyl sites for hydroxylation is 1. The number of hydrogen-bond donors (Lipinski definition) is 2. The number of hydrogen-bond acceptors (Lipinski definition) is 3. The van der Waals surface area contributed by atoms with Crippen LogP contribution in [0.5, 0.6) is 0 Å². The van der Waals surface area contributed by atoms with E-state index in [0.717, 1.165) is 21.1 Å². The summed E-state index contributed by atoms with van der Waals surface area (Å²) in [6.07, 6.45) is 0. The molecule has 1 aromatic heterocycles. The van der Waals surface area contributed by atoms with Gasteiger partial charge in [-0.2, -0.15) is 0 Å². The molecule has 0 aliphatic rings. The van der Waals surface area contributed by atoms with E-state index in [0.29, 0.717) is 11.3 Å². The minimum absolute atomic E-state index is 0.447. The quantitative estimate of drug-likeness (QED) is 0.894. The maximum atomic E-state index is 11.4. The predicted octanol–water partition coefficient (Wildman–Crippen LogP) is 2.45. The monoisotopic (exact) mass is 293 g/mol. The number of fused-ring (bicyclic) bond motifs is 1. The fourth-order valence-electron chi connectivity index (χ4n) is 1.92. The van der Waals surface area contributed by atoms with Crippen molar-refractivity contribution in [1.82, 2.24) is 4.98 Å². The largest absolute Gasteiger partial charge is 0.387 e. The van der Waals surface area contributed by atoms with E-state index >= 15 is 0 Å². The summed E-state index contributed by atoms with van der Waals surface area (Å²) in [6.45, 7) is 1.78. The second-order valence-electron chi connectivity index (χ2n) is 3.72. The van der Waals surface area contributed by atoms with Crippen molar-refractivity contribution in [2.24, 2.45) is 5.73 Å². The lowest BCUT2D eigenvalue weighted by atomic mass is 10.1. The van der Waals surface area contributed by atoms with Crippen molar-refractivity contribution in [1.29, 1.82) is 0 Å². The van der Waals surface area contributed by atoms with Gasteiger partial charge in [-0.1, -0.05) is 15.9 Å². The van der Waals surface area contributed by atoms with Gasteiger partial charge in [-0.3, -0.25) is 9.78 Å². The number of nitrogens with two attached hydrogens (primary N) is 1. The number of primary amides is 1. The first-order chi connectivity index (χ1) is 8.04. The van der Waals surface area contributed by atoms with Crippen molar-refractivity contribution < 1.29 is 4.79 Å². The number of amides is 1. The summed E-state index contributed by atoms with van der Waals surface area (Å²) >= 11 is 3.40. The Morgan fingerprint density at radius 2 is 2.18 bits per heavy atom. The van der Waals surface area contributed by atoms with Crippen LogP contribution in [0.2, 0.25) is 0 Å². The molecule has 1 aromatic carbocycles. The predicted molar refractivity (Wildman–Crippen MR) is 72.2 cm³/mol. The SMILES string of the molecule is CNc1c(C(N)=O)c(C)nc2cc(Br)ccc12. The normalized spacial score (nSPS) is 10.5. The van der Waals surface area contributed by atoms with E-state index in [4.69, 9.17) is 5.73 Å². The minimum Gasteiger partial charge on any atom is -0.387 e. The Hall–Kier alpha value is -1.62. The molecule has 0 spiro atoms. The van der Waals surface area contributed by atoms with Crippen LogP contribution >= 0.6 is 15.9 Å². The van der Waals surface area contributed by atoms with Crippen LogP contribution in [0.1, 0.15) is 16.1 Å². The molecule has 17 heavy (non-hydrogen) atoms. The molecule has 3 N–H and O–H groups in total. The van der Waals surface area contributed by atoms with E-state index < -0.39 is 5.91 Å². The van der Waals surface area contributed by atoms with Gasteiger partial charge >= 0.3 is 0 Å². The molecule has 4 nitrogen and oxygen atoms in total. The van der Waals surface area contributed by atoms with Crippen molar-refractivity contribution >= 4 is 38.4 Å². The van der Waals surface area contributed by atoms with Gasteiger partial charge in [0.1, 0.15) is 0 Å². The molecule has 0 bridgehead atoms. The molecule has 0 saturated carbocycles. The summed E-state index contributed by atoms with van der Waals surface area (Å²) in [5.41, 5.74) is 8.02. The first-order valence-corrected chi connectivity index (χ1v) is 5.91. The molecular weight excluding hydrogens is 282 g/mol. The molecule has 0 radical (unpaired) electrons. The van der Waals surface area contributed by atoms with E-state index in [2.05, 4.69) is 26.2 Å². The van der Waals surface area contributed by atoms with E-state index in [9.17, 15) is 4.79 Å². The summed E-state index contributed by atoms with van der Waals surface area (Å²) in [5.74, 6) is -0.468. The molecule has 0 unspecified atom stereocenters. The zero-order chi connectivity index (χ0) is 12.6. The van der Waals surface area contributed by atoms with Crippen LogP contribution < -0.4 is 11.1 Å². The zero-order valence-electron chi connectivity index (χ0n) is 9.54. The lowest BCUT2D eigenvalue weighted by Gasteiger charge is -2.12. The van der Waals surface area contributed by atoms with Gasteiger partial charge < -0.3 is 11.1 Å². The lowest BCUT2D eigenvalue weighted by Crippen LogP contribution is -2.16. The van der Waals surface area contributed by atoms with Gasteiger partial charge in [0.05, 0.1) is 22.5 Å². The number of nitrogens with zero attached hydrogens (tertiary/aromatic N) is 1. The van der Waals surface area contributed by atoms with Crippen molar-refractivity contribution in [2.45, 2.75) is 6.92 Å². The first-order valence-electron chi connectivity index (χ1n) is 5.12. The Balaban J connectivity index is 2.90. The van der Waals surface area contributed by atoms with Gasteiger partial charge in [-0.25, -0.2) is 0 Å². The highest BCUT2D eigenvalue weighted by Gasteiger charge is 2.15. The van der Waals surface area contributed by atoms with E-state index in [1.54, 1.807) is 14.0 Å². The molecule has 0 aliphatic carbocycles. The van der Waals surface area contributed by atoms with Crippen LogP contribution in [0.25, 0.3) is 10.9 Å². The fourth-order valence-corrected chi connectivity index (χ4v) is 2.27. The second kappa shape index (κ2) is 4.33. The van der Waals surface area contributed by atoms with Gasteiger partial charge in [0, 0.05) is 16.9 Å². The average Bonchev–Trinajstić information content (AvgIpc) is 2.26. The summed E-state index contributed by atoms with van der Waals surface area (Å²) in [7, 11) is 1.77. The molecule has 0 atom stereocenters. The van der Waals surface area contributed by atoms with Crippen LogP contribution in [0, 0.1) is 6.92 Å². The second-order valence-corrected chi connectivity index (χ2v) is 4.64. The Kier molecular flexibility index (Phi) is 3.02. The third-order valence-electron chi connectivity index (χ3n) is 2.63. The Morgan fingerprint density at radius 1 is 1.47 bits per heavy atom. The molecule has 88 valence electrons. The molecule has 1 amide bonds. The topological polar surface area (TPSA) is 68.0 Å². The number of nitrogens with one attached hydrogen (secondary N) is 1. The van der Waals surface area contributed by atoms with E-state index in [1.165, 1.54) is 0 Å². The van der Waals surface area contributed by atoms with Gasteiger partial charge in [0.25, 0.3) is 5.91 Å². The highest BCUT2D eigenvalue weighted by molar-refractivity contribution is 9.10. The van der Waals surface area contributed by atoms with E-state index in [-0.39, 0.29) is 0 Å². The molecular formula is C12H12BrN3O. The third-order valence-corrected chi connectivity index (χ3v) is 3.12. The van der Waals surface area contributed by atoms with Gasteiger partial charge in [-0.15, -0.1) is 0 Å². The van der Waals surface area contributed by atoms with Crippen LogP contribution in [0.3, 0.4) is 0 Å². The molecule has 2 aromatic rings. The minimum atomic E-state index is -0.468.